The van der Waals surface area contributed by atoms with Crippen molar-refractivity contribution in [3.8, 4) is 50.5 Å². The lowest BCUT2D eigenvalue weighted by Gasteiger charge is -2.18. The van der Waals surface area contributed by atoms with Gasteiger partial charge < -0.3 is 4.74 Å². The zero-order valence-corrected chi connectivity index (χ0v) is 25.5. The fourth-order valence-corrected chi connectivity index (χ4v) is 6.70. The molecule has 1 atom stereocenters. The monoisotopic (exact) mass is 603 g/mol. The largest absolute Gasteiger partial charge is 0.460 e. The molecule has 9 rings (SSSR count). The van der Waals surface area contributed by atoms with E-state index in [-0.39, 0.29) is 5.92 Å². The Kier molecular flexibility index (Phi) is 6.57. The minimum atomic E-state index is 0.169. The van der Waals surface area contributed by atoms with Gasteiger partial charge in [0.15, 0.2) is 5.82 Å². The Hall–Kier alpha value is -6.13. The lowest BCUT2D eigenvalue weighted by atomic mass is 9.89. The number of pyridine rings is 1. The summed E-state index contributed by atoms with van der Waals surface area (Å²) in [5, 5.41) is 2.48. The van der Waals surface area contributed by atoms with Crippen LogP contribution in [0.5, 0.6) is 5.75 Å². The predicted octanol–water partition coefficient (Wildman–Crippen LogP) is 10.5. The second kappa shape index (κ2) is 11.3. The third-order valence-electron chi connectivity index (χ3n) is 9.18. The fraction of sp³-hybridized carbons (Fsp3) is 0.0465. The standard InChI is InChI=1S/C43H29N3O/c1-2-7-34-26-35(21-16-28(34)6-1)30-14-19-33(20-15-30)40-27-39(32-17-12-29(13-18-32)31-22-24-44-25-23-31)45-43(46-40)38-10-5-9-37-36-8-3-4-11-41(36)47-42(37)38/h1-8,10-27,37H,9H2. The van der Waals surface area contributed by atoms with Crippen molar-refractivity contribution in [2.45, 2.75) is 12.3 Å². The molecule has 0 N–H and O–H groups in total. The zero-order valence-electron chi connectivity index (χ0n) is 25.5. The first-order valence-corrected chi connectivity index (χ1v) is 15.9. The minimum Gasteiger partial charge on any atom is -0.460 e. The van der Waals surface area contributed by atoms with Gasteiger partial charge in [0.1, 0.15) is 11.5 Å². The summed E-state index contributed by atoms with van der Waals surface area (Å²) < 4.78 is 6.47. The summed E-state index contributed by atoms with van der Waals surface area (Å²) >= 11 is 0. The van der Waals surface area contributed by atoms with E-state index >= 15 is 0 Å². The van der Waals surface area contributed by atoms with Crippen molar-refractivity contribution in [3.63, 3.8) is 0 Å². The van der Waals surface area contributed by atoms with Crippen LogP contribution in [-0.2, 0) is 0 Å². The lowest BCUT2D eigenvalue weighted by Crippen LogP contribution is -2.08. The molecule has 4 nitrogen and oxygen atoms in total. The van der Waals surface area contributed by atoms with Crippen LogP contribution >= 0.6 is 0 Å². The number of para-hydroxylation sites is 1. The second-order valence-corrected chi connectivity index (χ2v) is 12.0. The van der Waals surface area contributed by atoms with Crippen molar-refractivity contribution in [1.29, 1.82) is 0 Å². The van der Waals surface area contributed by atoms with Crippen LogP contribution in [0.2, 0.25) is 0 Å². The number of fused-ring (bicyclic) bond motifs is 4. The molecule has 7 aromatic rings. The van der Waals surface area contributed by atoms with E-state index in [0.717, 1.165) is 57.1 Å². The van der Waals surface area contributed by atoms with Crippen LogP contribution in [0.1, 0.15) is 23.7 Å². The third-order valence-corrected chi connectivity index (χ3v) is 9.18. The highest BCUT2D eigenvalue weighted by molar-refractivity contribution is 5.88. The molecule has 5 aromatic carbocycles. The van der Waals surface area contributed by atoms with Crippen LogP contribution in [0, 0.1) is 0 Å². The number of allylic oxidation sites excluding steroid dienone is 4. The van der Waals surface area contributed by atoms with Gasteiger partial charge in [-0.05, 0) is 69.8 Å². The Bertz CT molecular complexity index is 2340. The number of hydrogen-bond donors (Lipinski definition) is 0. The van der Waals surface area contributed by atoms with Gasteiger partial charge in [0.05, 0.1) is 22.9 Å². The van der Waals surface area contributed by atoms with Gasteiger partial charge in [-0.1, -0.05) is 115 Å². The molecule has 0 radical (unpaired) electrons. The number of rotatable bonds is 5. The molecular formula is C43H29N3O. The van der Waals surface area contributed by atoms with E-state index in [9.17, 15) is 0 Å². The van der Waals surface area contributed by atoms with Gasteiger partial charge in [-0.15, -0.1) is 0 Å². The maximum absolute atomic E-state index is 6.47. The van der Waals surface area contributed by atoms with E-state index in [2.05, 4.69) is 126 Å². The SMILES string of the molecule is C1=CC(c2nc(-c3ccc(-c4ccncc4)cc3)cc(-c3ccc(-c4ccc5ccccc5c4)cc3)n2)=C2Oc3ccccc3C2C1. The Balaban J connectivity index is 1.14. The maximum atomic E-state index is 6.47. The van der Waals surface area contributed by atoms with E-state index < -0.39 is 0 Å². The molecule has 0 amide bonds. The summed E-state index contributed by atoms with van der Waals surface area (Å²) in [4.78, 5) is 14.5. The van der Waals surface area contributed by atoms with E-state index in [4.69, 9.17) is 14.7 Å². The van der Waals surface area contributed by atoms with Gasteiger partial charge in [0, 0.05) is 29.1 Å². The first-order valence-electron chi connectivity index (χ1n) is 15.9. The molecule has 1 aliphatic heterocycles. The van der Waals surface area contributed by atoms with Crippen LogP contribution in [0.25, 0.3) is 61.1 Å². The second-order valence-electron chi connectivity index (χ2n) is 12.0. The zero-order chi connectivity index (χ0) is 31.2. The van der Waals surface area contributed by atoms with Crippen molar-refractivity contribution in [3.05, 3.63) is 175 Å². The topological polar surface area (TPSA) is 47.9 Å². The molecule has 0 saturated heterocycles. The summed E-state index contributed by atoms with van der Waals surface area (Å²) in [6.45, 7) is 0. The Morgan fingerprint density at radius 2 is 1.13 bits per heavy atom. The molecule has 2 aliphatic rings. The molecule has 2 aromatic heterocycles. The van der Waals surface area contributed by atoms with Crippen molar-refractivity contribution in [2.75, 3.05) is 0 Å². The summed E-state index contributed by atoms with van der Waals surface area (Å²) in [5.41, 5.74) is 10.6. The van der Waals surface area contributed by atoms with Crippen molar-refractivity contribution >= 4 is 16.3 Å². The van der Waals surface area contributed by atoms with Gasteiger partial charge in [-0.3, -0.25) is 4.98 Å². The van der Waals surface area contributed by atoms with Crippen LogP contribution in [-0.4, -0.2) is 15.0 Å². The Morgan fingerprint density at radius 1 is 0.532 bits per heavy atom. The average Bonchev–Trinajstić information content (AvgIpc) is 3.54. The molecule has 1 aliphatic carbocycles. The molecule has 3 heterocycles. The number of hydrogen-bond acceptors (Lipinski definition) is 4. The Labute approximate surface area is 273 Å². The molecule has 0 bridgehead atoms. The van der Waals surface area contributed by atoms with Gasteiger partial charge >= 0.3 is 0 Å². The summed E-state index contributed by atoms with van der Waals surface area (Å²) in [6.07, 6.45) is 8.87. The van der Waals surface area contributed by atoms with Gasteiger partial charge in [-0.25, -0.2) is 9.97 Å². The molecule has 0 saturated carbocycles. The van der Waals surface area contributed by atoms with Gasteiger partial charge in [-0.2, -0.15) is 0 Å². The van der Waals surface area contributed by atoms with Crippen LogP contribution in [0.15, 0.2) is 164 Å². The van der Waals surface area contributed by atoms with Crippen LogP contribution in [0.4, 0.5) is 0 Å². The molecule has 47 heavy (non-hydrogen) atoms. The average molecular weight is 604 g/mol. The highest BCUT2D eigenvalue weighted by Crippen LogP contribution is 2.47. The number of nitrogens with zero attached hydrogens (tertiary/aromatic N) is 3. The first-order chi connectivity index (χ1) is 23.3. The summed E-state index contributed by atoms with van der Waals surface area (Å²) in [7, 11) is 0. The molecule has 0 spiro atoms. The van der Waals surface area contributed by atoms with E-state index in [1.54, 1.807) is 0 Å². The first kappa shape index (κ1) is 27.2. The molecular weight excluding hydrogens is 574 g/mol. The van der Waals surface area contributed by atoms with Gasteiger partial charge in [0.25, 0.3) is 0 Å². The third kappa shape index (κ3) is 5.01. The van der Waals surface area contributed by atoms with Crippen molar-refractivity contribution in [1.82, 2.24) is 15.0 Å². The van der Waals surface area contributed by atoms with Gasteiger partial charge in [0.2, 0.25) is 0 Å². The highest BCUT2D eigenvalue weighted by Gasteiger charge is 2.34. The lowest BCUT2D eigenvalue weighted by molar-refractivity contribution is 0.428. The van der Waals surface area contributed by atoms with Crippen LogP contribution in [0.3, 0.4) is 0 Å². The summed E-state index contributed by atoms with van der Waals surface area (Å²) in [6, 6.07) is 46.8. The molecule has 0 fully saturated rings. The number of aromatic nitrogens is 3. The quantitative estimate of drug-likeness (QED) is 0.196. The highest BCUT2D eigenvalue weighted by atomic mass is 16.5. The Morgan fingerprint density at radius 3 is 1.87 bits per heavy atom. The van der Waals surface area contributed by atoms with Crippen molar-refractivity contribution in [2.24, 2.45) is 0 Å². The smallest absolute Gasteiger partial charge is 0.163 e. The summed E-state index contributed by atoms with van der Waals surface area (Å²) in [5.74, 6) is 2.68. The van der Waals surface area contributed by atoms with E-state index in [0.29, 0.717) is 5.82 Å². The van der Waals surface area contributed by atoms with Crippen LogP contribution < -0.4 is 4.74 Å². The minimum absolute atomic E-state index is 0.169. The molecule has 4 heteroatoms. The van der Waals surface area contributed by atoms with E-state index in [1.165, 1.54) is 27.5 Å². The number of benzene rings is 5. The molecule has 1 unspecified atom stereocenters. The van der Waals surface area contributed by atoms with Crippen molar-refractivity contribution < 1.29 is 4.74 Å². The maximum Gasteiger partial charge on any atom is 0.163 e. The number of ether oxygens (including phenoxy) is 1. The normalized spacial score (nSPS) is 14.9. The predicted molar refractivity (Wildman–Crippen MR) is 190 cm³/mol. The molecule has 222 valence electrons. The van der Waals surface area contributed by atoms with E-state index in [1.807, 2.05) is 36.7 Å². The fourth-order valence-electron chi connectivity index (χ4n) is 6.70.